The molecule has 3 aromatic carbocycles. The highest BCUT2D eigenvalue weighted by Crippen LogP contribution is 2.44. The van der Waals surface area contributed by atoms with Crippen molar-refractivity contribution < 1.29 is 28.2 Å². The monoisotopic (exact) mass is 581 g/mol. The van der Waals surface area contributed by atoms with Gasteiger partial charge in [0.05, 0.1) is 10.6 Å². The molecule has 0 fully saturated rings. The minimum absolute atomic E-state index is 0.0270. The van der Waals surface area contributed by atoms with E-state index in [-0.39, 0.29) is 27.7 Å². The summed E-state index contributed by atoms with van der Waals surface area (Å²) < 4.78 is 34.5. The number of rotatable bonds is 8. The number of carbonyl (C=O) groups is 1. The molecule has 4 rings (SSSR count). The van der Waals surface area contributed by atoms with E-state index in [2.05, 4.69) is 4.72 Å². The van der Waals surface area contributed by atoms with E-state index in [0.717, 1.165) is 27.8 Å². The van der Waals surface area contributed by atoms with Crippen molar-refractivity contribution in [1.29, 1.82) is 0 Å². The Bertz CT molecular complexity index is 1540. The summed E-state index contributed by atoms with van der Waals surface area (Å²) in [5.74, 6) is -0.429. The van der Waals surface area contributed by atoms with Crippen LogP contribution in [0.5, 0.6) is 5.75 Å². The summed E-state index contributed by atoms with van der Waals surface area (Å²) in [7, 11) is -3.79. The number of aryl methyl sites for hydroxylation is 2. The van der Waals surface area contributed by atoms with Gasteiger partial charge in [-0.2, -0.15) is 0 Å². The van der Waals surface area contributed by atoms with Gasteiger partial charge in [0.2, 0.25) is 0 Å². The highest BCUT2D eigenvalue weighted by molar-refractivity contribution is 8.04. The molecular formula is C31H35NO6S2. The molecular weight excluding hydrogens is 546 g/mol. The number of esters is 1. The molecule has 0 bridgehead atoms. The quantitative estimate of drug-likeness (QED) is 0.246. The Balaban J connectivity index is 1.59. The van der Waals surface area contributed by atoms with Gasteiger partial charge in [-0.3, -0.25) is 4.72 Å². The van der Waals surface area contributed by atoms with Gasteiger partial charge >= 0.3 is 5.97 Å². The zero-order valence-electron chi connectivity index (χ0n) is 23.3. The topological polar surface area (TPSA) is 113 Å². The molecule has 1 aliphatic heterocycles. The predicted molar refractivity (Wildman–Crippen MR) is 158 cm³/mol. The standard InChI is InChI=1S/C31H35NO6S2/c1-20-17-27(24(30(2,3)4)18-25(20)32-40(36,37)23-9-7-6-8-10-23)39-28-26(34)19-31(5,38-29(28)35)16-15-21-11-13-22(33)14-12-21/h6-14,17-18,32-34H,15-16,19H2,1-5H3. The first-order chi connectivity index (χ1) is 18.7. The van der Waals surface area contributed by atoms with E-state index in [4.69, 9.17) is 4.74 Å². The van der Waals surface area contributed by atoms with Crippen LogP contribution in [0, 0.1) is 6.92 Å². The number of hydrogen-bond donors (Lipinski definition) is 3. The molecule has 3 aromatic rings. The van der Waals surface area contributed by atoms with Crippen LogP contribution in [0.2, 0.25) is 0 Å². The molecule has 0 saturated heterocycles. The molecule has 0 saturated carbocycles. The first-order valence-electron chi connectivity index (χ1n) is 13.0. The van der Waals surface area contributed by atoms with Gasteiger partial charge in [-0.05, 0) is 85.2 Å². The summed E-state index contributed by atoms with van der Waals surface area (Å²) in [4.78, 5) is 14.2. The number of aliphatic hydroxyl groups is 1. The number of aromatic hydroxyl groups is 1. The second-order valence-corrected chi connectivity index (χ2v) is 14.1. The van der Waals surface area contributed by atoms with Crippen molar-refractivity contribution in [2.45, 2.75) is 74.7 Å². The van der Waals surface area contributed by atoms with E-state index in [1.807, 2.05) is 39.0 Å². The van der Waals surface area contributed by atoms with Crippen LogP contribution in [0.15, 0.2) is 87.2 Å². The third kappa shape index (κ3) is 6.82. The number of benzene rings is 3. The lowest BCUT2D eigenvalue weighted by Crippen LogP contribution is -2.37. The molecule has 1 unspecified atom stereocenters. The Morgan fingerprint density at radius 2 is 1.68 bits per heavy atom. The van der Waals surface area contributed by atoms with Crippen LogP contribution in [0.25, 0.3) is 0 Å². The highest BCUT2D eigenvalue weighted by Gasteiger charge is 2.39. The molecule has 0 aromatic heterocycles. The van der Waals surface area contributed by atoms with Crippen LogP contribution in [-0.4, -0.2) is 30.2 Å². The number of ether oxygens (including phenoxy) is 1. The van der Waals surface area contributed by atoms with Crippen LogP contribution < -0.4 is 4.72 Å². The maximum Gasteiger partial charge on any atom is 0.348 e. The maximum absolute atomic E-state index is 13.2. The Labute approximate surface area is 240 Å². The van der Waals surface area contributed by atoms with Crippen molar-refractivity contribution in [3.8, 4) is 5.75 Å². The molecule has 0 radical (unpaired) electrons. The van der Waals surface area contributed by atoms with Gasteiger partial charge in [-0.25, -0.2) is 13.2 Å². The van der Waals surface area contributed by atoms with Crippen molar-refractivity contribution in [3.63, 3.8) is 0 Å². The van der Waals surface area contributed by atoms with Crippen molar-refractivity contribution in [2.24, 2.45) is 0 Å². The number of hydrogen-bond acceptors (Lipinski definition) is 7. The van der Waals surface area contributed by atoms with E-state index in [9.17, 15) is 23.4 Å². The highest BCUT2D eigenvalue weighted by atomic mass is 32.2. The summed E-state index contributed by atoms with van der Waals surface area (Å²) in [6, 6.07) is 18.7. The molecule has 0 spiro atoms. The van der Waals surface area contributed by atoms with Gasteiger partial charge in [-0.1, -0.05) is 62.9 Å². The number of phenols is 1. The molecule has 0 aliphatic carbocycles. The van der Waals surface area contributed by atoms with Crippen LogP contribution in [-0.2, 0) is 31.4 Å². The van der Waals surface area contributed by atoms with Gasteiger partial charge in [0.1, 0.15) is 22.0 Å². The summed E-state index contributed by atoms with van der Waals surface area (Å²) in [5.41, 5.74) is 1.68. The summed E-state index contributed by atoms with van der Waals surface area (Å²) >= 11 is 1.14. The Kier molecular flexibility index (Phi) is 8.28. The summed E-state index contributed by atoms with van der Waals surface area (Å²) in [6.07, 6.45) is 1.31. The van der Waals surface area contributed by atoms with Crippen LogP contribution in [0.1, 0.15) is 57.2 Å². The van der Waals surface area contributed by atoms with Gasteiger partial charge in [0.25, 0.3) is 10.0 Å². The molecule has 1 atom stereocenters. The smallest absolute Gasteiger partial charge is 0.348 e. The van der Waals surface area contributed by atoms with E-state index in [0.29, 0.717) is 24.1 Å². The molecule has 9 heteroatoms. The zero-order valence-corrected chi connectivity index (χ0v) is 24.9. The first-order valence-corrected chi connectivity index (χ1v) is 15.3. The Morgan fingerprint density at radius 1 is 1.02 bits per heavy atom. The first kappa shape index (κ1) is 29.6. The lowest BCUT2D eigenvalue weighted by molar-refractivity contribution is -0.156. The Morgan fingerprint density at radius 3 is 2.27 bits per heavy atom. The average Bonchev–Trinajstić information content (AvgIpc) is 2.87. The van der Waals surface area contributed by atoms with Crippen LogP contribution in [0.3, 0.4) is 0 Å². The van der Waals surface area contributed by atoms with Gasteiger partial charge in [-0.15, -0.1) is 0 Å². The number of cyclic esters (lactones) is 1. The van der Waals surface area contributed by atoms with E-state index < -0.39 is 27.0 Å². The fraction of sp³-hybridized carbons (Fsp3) is 0.323. The number of aliphatic hydroxyl groups excluding tert-OH is 1. The molecule has 1 heterocycles. The third-order valence-electron chi connectivity index (χ3n) is 6.85. The maximum atomic E-state index is 13.2. The number of anilines is 1. The minimum atomic E-state index is -3.79. The third-order valence-corrected chi connectivity index (χ3v) is 9.40. The Hall–Kier alpha value is -3.43. The molecule has 40 heavy (non-hydrogen) atoms. The summed E-state index contributed by atoms with van der Waals surface area (Å²) in [6.45, 7) is 9.62. The van der Waals surface area contributed by atoms with Crippen LogP contribution >= 0.6 is 11.8 Å². The molecule has 3 N–H and O–H groups in total. The second-order valence-electron chi connectivity index (χ2n) is 11.4. The lowest BCUT2D eigenvalue weighted by Gasteiger charge is -2.34. The fourth-order valence-electron chi connectivity index (χ4n) is 4.55. The van der Waals surface area contributed by atoms with Crippen molar-refractivity contribution in [3.05, 3.63) is 94.1 Å². The molecule has 7 nitrogen and oxygen atoms in total. The van der Waals surface area contributed by atoms with E-state index >= 15 is 0 Å². The van der Waals surface area contributed by atoms with E-state index in [1.165, 1.54) is 12.1 Å². The number of phenolic OH excluding ortho intramolecular Hbond substituents is 1. The second kappa shape index (κ2) is 11.2. The molecule has 0 amide bonds. The predicted octanol–water partition coefficient (Wildman–Crippen LogP) is 7.00. The SMILES string of the molecule is Cc1cc(SC2=C(O)CC(C)(CCc3ccc(O)cc3)OC2=O)c(C(C)(C)C)cc1NS(=O)(=O)c1ccccc1. The molecule has 1 aliphatic rings. The van der Waals surface area contributed by atoms with Crippen molar-refractivity contribution >= 4 is 33.4 Å². The van der Waals surface area contributed by atoms with Gasteiger partial charge in [0, 0.05) is 11.3 Å². The normalized spacial score (nSPS) is 18.0. The summed E-state index contributed by atoms with van der Waals surface area (Å²) in [5, 5.41) is 20.5. The number of nitrogens with one attached hydrogen (secondary N) is 1. The largest absolute Gasteiger partial charge is 0.511 e. The minimum Gasteiger partial charge on any atom is -0.511 e. The van der Waals surface area contributed by atoms with Gasteiger partial charge < -0.3 is 14.9 Å². The number of sulfonamides is 1. The zero-order chi connectivity index (χ0) is 29.3. The number of thioether (sulfide) groups is 1. The van der Waals surface area contributed by atoms with Crippen molar-refractivity contribution in [1.82, 2.24) is 0 Å². The average molecular weight is 582 g/mol. The fourth-order valence-corrected chi connectivity index (χ4v) is 6.93. The lowest BCUT2D eigenvalue weighted by atomic mass is 9.86. The van der Waals surface area contributed by atoms with E-state index in [1.54, 1.807) is 50.2 Å². The van der Waals surface area contributed by atoms with Gasteiger partial charge in [0.15, 0.2) is 0 Å². The number of carbonyl (C=O) groups excluding carboxylic acids is 1. The molecule has 212 valence electrons. The van der Waals surface area contributed by atoms with Crippen LogP contribution in [0.4, 0.5) is 5.69 Å². The van der Waals surface area contributed by atoms with Crippen molar-refractivity contribution in [2.75, 3.05) is 4.72 Å².